The molecule has 0 radical (unpaired) electrons. The predicted molar refractivity (Wildman–Crippen MR) is 157 cm³/mol. The van der Waals surface area contributed by atoms with E-state index < -0.39 is 5.60 Å². The fourth-order valence-electron chi connectivity index (χ4n) is 5.31. The van der Waals surface area contributed by atoms with Crippen LogP contribution in [0.2, 0.25) is 0 Å². The molecule has 1 aliphatic rings. The van der Waals surface area contributed by atoms with Gasteiger partial charge in [-0.3, -0.25) is 4.79 Å². The van der Waals surface area contributed by atoms with Gasteiger partial charge in [0.1, 0.15) is 17.7 Å². The molecule has 2 aromatic carbocycles. The average molecular weight is 547 g/mol. The zero-order chi connectivity index (χ0) is 28.5. The van der Waals surface area contributed by atoms with Gasteiger partial charge in [0.25, 0.3) is 0 Å². The lowest BCUT2D eigenvalue weighted by molar-refractivity contribution is -0.143. The number of hydrogen-bond donors (Lipinski definition) is 0. The van der Waals surface area contributed by atoms with E-state index in [4.69, 9.17) is 14.2 Å². The molecule has 40 heavy (non-hydrogen) atoms. The summed E-state index contributed by atoms with van der Waals surface area (Å²) in [5.74, 6) is 0.732. The van der Waals surface area contributed by atoms with Gasteiger partial charge in [-0.25, -0.2) is 14.8 Å². The van der Waals surface area contributed by atoms with E-state index in [1.807, 2.05) is 58.0 Å². The van der Waals surface area contributed by atoms with E-state index in [0.29, 0.717) is 31.1 Å². The Kier molecular flexibility index (Phi) is 10.1. The van der Waals surface area contributed by atoms with Crippen LogP contribution in [0.1, 0.15) is 107 Å². The first-order chi connectivity index (χ1) is 19.2. The quantitative estimate of drug-likeness (QED) is 0.169. The number of hydrogen-bond acceptors (Lipinski definition) is 7. The third-order valence-electron chi connectivity index (χ3n) is 7.20. The zero-order valence-electron chi connectivity index (χ0n) is 24.3. The number of fused-ring (bicyclic) bond motifs is 1. The first-order valence-electron chi connectivity index (χ1n) is 14.7. The zero-order valence-corrected chi connectivity index (χ0v) is 24.3. The molecule has 3 aromatic rings. The number of nitrogens with zero attached hydrogens (tertiary/aromatic N) is 2. The van der Waals surface area contributed by atoms with Crippen molar-refractivity contribution in [2.45, 2.75) is 97.0 Å². The Morgan fingerprint density at radius 3 is 2.48 bits per heavy atom. The Bertz CT molecular complexity index is 1310. The van der Waals surface area contributed by atoms with Gasteiger partial charge < -0.3 is 14.2 Å². The molecule has 0 atom stereocenters. The van der Waals surface area contributed by atoms with Crippen LogP contribution in [0.15, 0.2) is 42.7 Å². The highest BCUT2D eigenvalue weighted by molar-refractivity contribution is 5.95. The lowest BCUT2D eigenvalue weighted by Gasteiger charge is -2.22. The smallest absolute Gasteiger partial charge is 0.338 e. The summed E-state index contributed by atoms with van der Waals surface area (Å²) >= 11 is 0. The van der Waals surface area contributed by atoms with Gasteiger partial charge in [0.05, 0.1) is 30.0 Å². The van der Waals surface area contributed by atoms with Gasteiger partial charge >= 0.3 is 11.9 Å². The molecule has 1 aliphatic carbocycles. The molecular formula is C33H42N2O5. The molecular weight excluding hydrogens is 504 g/mol. The number of carbonyl (C=O) groups excluding carboxylic acids is 2. The molecule has 0 amide bonds. The van der Waals surface area contributed by atoms with E-state index in [-0.39, 0.29) is 11.9 Å². The average Bonchev–Trinajstić information content (AvgIpc) is 3.46. The highest BCUT2D eigenvalue weighted by Gasteiger charge is 2.26. The van der Waals surface area contributed by atoms with Crippen molar-refractivity contribution in [3.8, 4) is 17.0 Å². The monoisotopic (exact) mass is 546 g/mol. The molecule has 4 rings (SSSR count). The number of rotatable bonds is 12. The summed E-state index contributed by atoms with van der Waals surface area (Å²) in [7, 11) is 0. The van der Waals surface area contributed by atoms with Crippen LogP contribution in [-0.4, -0.2) is 40.7 Å². The van der Waals surface area contributed by atoms with Crippen molar-refractivity contribution in [2.24, 2.45) is 0 Å². The SMILES string of the molecule is CCOC(=O)CCCCCCOc1ccc2c(-c3ccc(C(=O)OC(C)(C)C)c(C4CCCC4)c3)ncnc2c1. The Morgan fingerprint density at radius 2 is 1.73 bits per heavy atom. The van der Waals surface area contributed by atoms with Gasteiger partial charge in [0, 0.05) is 23.4 Å². The van der Waals surface area contributed by atoms with Crippen molar-refractivity contribution >= 4 is 22.8 Å². The van der Waals surface area contributed by atoms with Crippen molar-refractivity contribution in [1.29, 1.82) is 0 Å². The third kappa shape index (κ3) is 8.03. The van der Waals surface area contributed by atoms with Gasteiger partial charge in [-0.1, -0.05) is 31.7 Å². The molecule has 0 bridgehead atoms. The maximum absolute atomic E-state index is 13.1. The number of carbonyl (C=O) groups is 2. The summed E-state index contributed by atoms with van der Waals surface area (Å²) < 4.78 is 16.7. The molecule has 1 saturated carbocycles. The van der Waals surface area contributed by atoms with Gasteiger partial charge in [-0.05, 0) is 89.1 Å². The third-order valence-corrected chi connectivity index (χ3v) is 7.20. The maximum Gasteiger partial charge on any atom is 0.338 e. The first-order valence-corrected chi connectivity index (χ1v) is 14.7. The lowest BCUT2D eigenvalue weighted by Crippen LogP contribution is -2.24. The Morgan fingerprint density at radius 1 is 0.950 bits per heavy atom. The molecule has 0 aliphatic heterocycles. The van der Waals surface area contributed by atoms with Crippen LogP contribution in [0.5, 0.6) is 5.75 Å². The summed E-state index contributed by atoms with van der Waals surface area (Å²) in [5.41, 5.74) is 3.79. The summed E-state index contributed by atoms with van der Waals surface area (Å²) in [6.45, 7) is 8.57. The fraction of sp³-hybridized carbons (Fsp3) is 0.515. The van der Waals surface area contributed by atoms with Gasteiger partial charge in [-0.15, -0.1) is 0 Å². The molecule has 0 saturated heterocycles. The Hall–Kier alpha value is -3.48. The van der Waals surface area contributed by atoms with E-state index in [1.165, 1.54) is 12.8 Å². The van der Waals surface area contributed by atoms with Crippen molar-refractivity contribution in [3.63, 3.8) is 0 Å². The van der Waals surface area contributed by atoms with Crippen LogP contribution in [0.25, 0.3) is 22.2 Å². The Balaban J connectivity index is 1.46. The summed E-state index contributed by atoms with van der Waals surface area (Å²) in [5, 5.41) is 0.941. The number of aromatic nitrogens is 2. The standard InChI is InChI=1S/C33H42N2O5/c1-5-38-30(36)14-8-6-7-11-19-39-25-16-18-27-29(21-25)34-22-35-31(27)24-15-17-26(32(37)40-33(2,3)4)28(20-24)23-12-9-10-13-23/h15-18,20-23H,5-14,19H2,1-4H3. The molecule has 0 N–H and O–H groups in total. The van der Waals surface area contributed by atoms with Crippen molar-refractivity contribution in [1.82, 2.24) is 9.97 Å². The van der Waals surface area contributed by atoms with Gasteiger partial charge in [-0.2, -0.15) is 0 Å². The molecule has 7 nitrogen and oxygen atoms in total. The van der Waals surface area contributed by atoms with E-state index in [9.17, 15) is 9.59 Å². The molecule has 7 heteroatoms. The molecule has 1 aromatic heterocycles. The molecule has 0 unspecified atom stereocenters. The fourth-order valence-corrected chi connectivity index (χ4v) is 5.31. The highest BCUT2D eigenvalue weighted by atomic mass is 16.6. The summed E-state index contributed by atoms with van der Waals surface area (Å²) in [4.78, 5) is 33.6. The minimum Gasteiger partial charge on any atom is -0.494 e. The predicted octanol–water partition coefficient (Wildman–Crippen LogP) is 7.80. The second-order valence-electron chi connectivity index (χ2n) is 11.5. The lowest BCUT2D eigenvalue weighted by atomic mass is 9.90. The van der Waals surface area contributed by atoms with Crippen molar-refractivity contribution in [2.75, 3.05) is 13.2 Å². The van der Waals surface area contributed by atoms with Crippen LogP contribution in [0.3, 0.4) is 0 Å². The summed E-state index contributed by atoms with van der Waals surface area (Å²) in [6.07, 6.45) is 10.3. The maximum atomic E-state index is 13.1. The van der Waals surface area contributed by atoms with Crippen LogP contribution in [0, 0.1) is 0 Å². The number of unbranched alkanes of at least 4 members (excludes halogenated alkanes) is 3. The molecule has 214 valence electrons. The highest BCUT2D eigenvalue weighted by Crippen LogP contribution is 2.39. The Labute approximate surface area is 237 Å². The second-order valence-corrected chi connectivity index (χ2v) is 11.5. The summed E-state index contributed by atoms with van der Waals surface area (Å²) in [6, 6.07) is 11.9. The molecule has 1 fully saturated rings. The van der Waals surface area contributed by atoms with Crippen molar-refractivity contribution in [3.05, 3.63) is 53.9 Å². The van der Waals surface area contributed by atoms with E-state index in [0.717, 1.165) is 72.0 Å². The van der Waals surface area contributed by atoms with E-state index in [1.54, 1.807) is 6.33 Å². The van der Waals surface area contributed by atoms with Gasteiger partial charge in [0.15, 0.2) is 0 Å². The number of benzene rings is 2. The molecule has 1 heterocycles. The minimum atomic E-state index is -0.546. The van der Waals surface area contributed by atoms with Crippen LogP contribution in [0.4, 0.5) is 0 Å². The number of ether oxygens (including phenoxy) is 3. The van der Waals surface area contributed by atoms with Crippen LogP contribution < -0.4 is 4.74 Å². The topological polar surface area (TPSA) is 87.6 Å². The molecule has 0 spiro atoms. The normalized spacial score (nSPS) is 13.9. The number of esters is 2. The van der Waals surface area contributed by atoms with E-state index >= 15 is 0 Å². The second kappa shape index (κ2) is 13.7. The van der Waals surface area contributed by atoms with E-state index in [2.05, 4.69) is 16.0 Å². The van der Waals surface area contributed by atoms with Crippen LogP contribution in [-0.2, 0) is 14.3 Å². The largest absolute Gasteiger partial charge is 0.494 e. The first kappa shape index (κ1) is 29.5. The minimum absolute atomic E-state index is 0.120. The van der Waals surface area contributed by atoms with Gasteiger partial charge in [0.2, 0.25) is 0 Å². The van der Waals surface area contributed by atoms with Crippen molar-refractivity contribution < 1.29 is 23.8 Å². The van der Waals surface area contributed by atoms with Crippen LogP contribution >= 0.6 is 0 Å².